The van der Waals surface area contributed by atoms with Gasteiger partial charge in [0.05, 0.1) is 52.8 Å². The predicted octanol–water partition coefficient (Wildman–Crippen LogP) is -0.0362. The molecular formula is C22H24N4O6S. The molecule has 0 radical (unpaired) electrons. The molecule has 0 aliphatic carbocycles. The van der Waals surface area contributed by atoms with Gasteiger partial charge < -0.3 is 19.6 Å². The van der Waals surface area contributed by atoms with Crippen molar-refractivity contribution in [1.82, 2.24) is 9.88 Å². The highest BCUT2D eigenvalue weighted by Crippen LogP contribution is 2.39. The average molecular weight is 473 g/mol. The molecule has 0 saturated carbocycles. The fourth-order valence-electron chi connectivity index (χ4n) is 4.28. The monoisotopic (exact) mass is 472 g/mol. The molecule has 11 heteroatoms. The number of hydrogen-bond donors (Lipinski definition) is 1. The van der Waals surface area contributed by atoms with Crippen molar-refractivity contribution < 1.29 is 29.3 Å². The third-order valence-corrected chi connectivity index (χ3v) is 7.04. The number of nitro benzene ring substituents is 1. The summed E-state index contributed by atoms with van der Waals surface area (Å²) in [5.41, 5.74) is 0.756. The Bertz CT molecular complexity index is 1120. The van der Waals surface area contributed by atoms with Gasteiger partial charge in [-0.15, -0.1) is 11.3 Å². The molecule has 174 valence electrons. The Morgan fingerprint density at radius 2 is 1.94 bits per heavy atom. The number of aromatic nitrogens is 1. The smallest absolute Gasteiger partial charge is 0.269 e. The van der Waals surface area contributed by atoms with Crippen molar-refractivity contribution in [1.29, 1.82) is 0 Å². The molecule has 1 N–H and O–H groups in total. The summed E-state index contributed by atoms with van der Waals surface area (Å²) in [6.45, 7) is 7.21. The number of nitrogens with zero attached hydrogens (tertiary/aromatic N) is 3. The third kappa shape index (κ3) is 4.52. The van der Waals surface area contributed by atoms with Gasteiger partial charge in [-0.05, 0) is 37.3 Å². The fourth-order valence-corrected chi connectivity index (χ4v) is 5.15. The normalized spacial score (nSPS) is 19.4. The molecule has 4 rings (SSSR count). The molecule has 10 nitrogen and oxygen atoms in total. The number of benzene rings is 1. The van der Waals surface area contributed by atoms with Crippen LogP contribution in [-0.4, -0.2) is 65.9 Å². The molecule has 0 bridgehead atoms. The zero-order valence-electron chi connectivity index (χ0n) is 18.3. The van der Waals surface area contributed by atoms with E-state index in [9.17, 15) is 24.8 Å². The minimum Gasteiger partial charge on any atom is -0.868 e. The van der Waals surface area contributed by atoms with Crippen molar-refractivity contribution in [3.05, 3.63) is 66.9 Å². The summed E-state index contributed by atoms with van der Waals surface area (Å²) in [7, 11) is 0. The molecule has 3 heterocycles. The number of non-ortho nitro benzene ring substituents is 1. The molecule has 2 aliphatic rings. The lowest BCUT2D eigenvalue weighted by atomic mass is 9.95. The number of carbonyl (C=O) groups excluding carboxylic acids is 2. The summed E-state index contributed by atoms with van der Waals surface area (Å²) < 4.78 is 5.38. The Labute approximate surface area is 194 Å². The molecule has 33 heavy (non-hydrogen) atoms. The molecule has 2 aliphatic heterocycles. The quantitative estimate of drug-likeness (QED) is 0.340. The Balaban J connectivity index is 1.70. The molecule has 1 saturated heterocycles. The highest BCUT2D eigenvalue weighted by Gasteiger charge is 2.41. The van der Waals surface area contributed by atoms with Crippen molar-refractivity contribution in [2.75, 3.05) is 39.4 Å². The number of ketones is 1. The average Bonchev–Trinajstić information content (AvgIpc) is 3.28. The molecule has 1 amide bonds. The van der Waals surface area contributed by atoms with Crippen molar-refractivity contribution in [3.63, 3.8) is 0 Å². The minimum atomic E-state index is -0.902. The summed E-state index contributed by atoms with van der Waals surface area (Å²) in [5, 5.41) is 24.8. The summed E-state index contributed by atoms with van der Waals surface area (Å²) in [6.07, 6.45) is 0. The summed E-state index contributed by atoms with van der Waals surface area (Å²) in [6, 6.07) is 4.74. The Kier molecular flexibility index (Phi) is 6.54. The number of quaternary nitrogens is 1. The number of amides is 1. The molecule has 1 unspecified atom stereocenters. The second kappa shape index (κ2) is 9.38. The first kappa shape index (κ1) is 23.0. The lowest BCUT2D eigenvalue weighted by Crippen LogP contribution is -3.14. The highest BCUT2D eigenvalue weighted by atomic mass is 32.1. The molecule has 1 fully saturated rings. The second-order valence-electron chi connectivity index (χ2n) is 8.08. The molecule has 1 aromatic heterocycles. The van der Waals surface area contributed by atoms with Gasteiger partial charge in [-0.1, -0.05) is 0 Å². The van der Waals surface area contributed by atoms with Gasteiger partial charge in [0.25, 0.3) is 5.69 Å². The van der Waals surface area contributed by atoms with Gasteiger partial charge in [0, 0.05) is 17.7 Å². The molecule has 1 atom stereocenters. The van der Waals surface area contributed by atoms with Crippen molar-refractivity contribution in [2.45, 2.75) is 19.9 Å². The number of Topliss-reactive ketones (excluding diaryl/α,β-unsaturated/α-hetero) is 1. The van der Waals surface area contributed by atoms with Crippen LogP contribution in [0.1, 0.15) is 32.0 Å². The number of rotatable bonds is 7. The van der Waals surface area contributed by atoms with Gasteiger partial charge in [0.2, 0.25) is 11.7 Å². The zero-order chi connectivity index (χ0) is 23.7. The zero-order valence-corrected chi connectivity index (χ0v) is 19.1. The number of hydrogen-bond acceptors (Lipinski definition) is 8. The van der Waals surface area contributed by atoms with E-state index in [4.69, 9.17) is 4.74 Å². The van der Waals surface area contributed by atoms with Crippen molar-refractivity contribution in [3.8, 4) is 0 Å². The SMILES string of the molecule is Cc1nc(C)c(C(=O)C2=C([O-])C(=O)N(CC[NH+]3CCOCC3)C2c2ccc([N+](=O)[O-])cc2)s1. The number of thiazole rings is 1. The molecule has 1 aromatic carbocycles. The van der Waals surface area contributed by atoms with Gasteiger partial charge in [-0.3, -0.25) is 19.7 Å². The first-order chi connectivity index (χ1) is 15.8. The van der Waals surface area contributed by atoms with E-state index in [2.05, 4.69) is 4.98 Å². The van der Waals surface area contributed by atoms with Gasteiger partial charge in [0.1, 0.15) is 13.1 Å². The van der Waals surface area contributed by atoms with Gasteiger partial charge in [-0.2, -0.15) is 0 Å². The van der Waals surface area contributed by atoms with Crippen LogP contribution in [0.2, 0.25) is 0 Å². The van der Waals surface area contributed by atoms with E-state index < -0.39 is 28.4 Å². The van der Waals surface area contributed by atoms with Gasteiger partial charge in [-0.25, -0.2) is 4.98 Å². The number of carbonyl (C=O) groups is 2. The second-order valence-corrected chi connectivity index (χ2v) is 9.28. The van der Waals surface area contributed by atoms with Crippen LogP contribution in [0.4, 0.5) is 5.69 Å². The first-order valence-electron chi connectivity index (χ1n) is 10.6. The van der Waals surface area contributed by atoms with E-state index in [0.29, 0.717) is 40.9 Å². The van der Waals surface area contributed by atoms with E-state index in [-0.39, 0.29) is 17.8 Å². The number of ether oxygens (including phenoxy) is 1. The van der Waals surface area contributed by atoms with Crippen LogP contribution in [0.15, 0.2) is 35.6 Å². The van der Waals surface area contributed by atoms with Crippen LogP contribution in [-0.2, 0) is 9.53 Å². The van der Waals surface area contributed by atoms with Crippen LogP contribution in [0.5, 0.6) is 0 Å². The maximum absolute atomic E-state index is 13.5. The van der Waals surface area contributed by atoms with E-state index in [0.717, 1.165) is 13.1 Å². The number of aryl methyl sites for hydroxylation is 2. The highest BCUT2D eigenvalue weighted by molar-refractivity contribution is 7.14. The van der Waals surface area contributed by atoms with E-state index in [1.165, 1.54) is 45.4 Å². The van der Waals surface area contributed by atoms with Gasteiger partial charge >= 0.3 is 0 Å². The lowest BCUT2D eigenvalue weighted by molar-refractivity contribution is -0.907. The first-order valence-corrected chi connectivity index (χ1v) is 11.5. The van der Waals surface area contributed by atoms with Crippen LogP contribution in [0.25, 0.3) is 0 Å². The Morgan fingerprint density at radius 3 is 2.52 bits per heavy atom. The summed E-state index contributed by atoms with van der Waals surface area (Å²) >= 11 is 1.18. The lowest BCUT2D eigenvalue weighted by Gasteiger charge is -2.30. The maximum atomic E-state index is 13.5. The van der Waals surface area contributed by atoms with E-state index in [1.54, 1.807) is 13.8 Å². The largest absolute Gasteiger partial charge is 0.868 e. The topological polar surface area (TPSA) is 130 Å². The van der Waals surface area contributed by atoms with Crippen LogP contribution >= 0.6 is 11.3 Å². The maximum Gasteiger partial charge on any atom is 0.269 e. The van der Waals surface area contributed by atoms with Crippen molar-refractivity contribution >= 4 is 28.7 Å². The molecular weight excluding hydrogens is 448 g/mol. The van der Waals surface area contributed by atoms with Crippen LogP contribution in [0.3, 0.4) is 0 Å². The fraction of sp³-hybridized carbons (Fsp3) is 0.409. The predicted molar refractivity (Wildman–Crippen MR) is 117 cm³/mol. The minimum absolute atomic E-state index is 0.111. The summed E-state index contributed by atoms with van der Waals surface area (Å²) in [4.78, 5) is 44.3. The van der Waals surface area contributed by atoms with Gasteiger partial charge in [0.15, 0.2) is 0 Å². The van der Waals surface area contributed by atoms with Crippen LogP contribution < -0.4 is 10.0 Å². The number of nitro groups is 1. The number of nitrogens with one attached hydrogen (secondary N) is 1. The van der Waals surface area contributed by atoms with Crippen molar-refractivity contribution in [2.24, 2.45) is 0 Å². The summed E-state index contributed by atoms with van der Waals surface area (Å²) in [5.74, 6) is -2.07. The standard InChI is InChI=1S/C22H24N4O6S/c1-13-21(33-14(2)23-13)19(27)17-18(15-3-5-16(6-4-15)26(30)31)25(22(29)20(17)28)8-7-24-9-11-32-12-10-24/h3-6,18,28H,7-12H2,1-2H3. The van der Waals surface area contributed by atoms with E-state index in [1.807, 2.05) is 0 Å². The van der Waals surface area contributed by atoms with Crippen LogP contribution in [0, 0.1) is 24.0 Å². The molecule has 0 spiro atoms. The third-order valence-electron chi connectivity index (χ3n) is 5.97. The Morgan fingerprint density at radius 1 is 1.27 bits per heavy atom. The molecule has 2 aromatic rings. The number of morpholine rings is 1. The van der Waals surface area contributed by atoms with E-state index >= 15 is 0 Å². The Hall–Kier alpha value is -3.15.